The van der Waals surface area contributed by atoms with E-state index in [4.69, 9.17) is 32.1 Å². The fourth-order valence-electron chi connectivity index (χ4n) is 4.69. The van der Waals surface area contributed by atoms with Crippen LogP contribution in [0.5, 0.6) is 0 Å². The van der Waals surface area contributed by atoms with Gasteiger partial charge in [-0.05, 0) is 48.4 Å². The minimum Gasteiger partial charge on any atom is -0.370 e. The minimum absolute atomic E-state index is 0.0582. The summed E-state index contributed by atoms with van der Waals surface area (Å²) in [7, 11) is -4.74. The highest BCUT2D eigenvalue weighted by Crippen LogP contribution is 2.39. The zero-order valence-corrected chi connectivity index (χ0v) is 24.8. The van der Waals surface area contributed by atoms with E-state index in [-0.39, 0.29) is 41.4 Å². The molecule has 3 aromatic rings. The number of amides is 1. The molecule has 1 heterocycles. The molecule has 0 saturated carbocycles. The monoisotopic (exact) mass is 700 g/mol. The Bertz CT molecular complexity index is 1690. The van der Waals surface area contributed by atoms with Crippen LogP contribution < -0.4 is 0 Å². The SMILES string of the molecule is O=C(c1cc(C(F)(F)F)cc(C(F)(F)F)c1)N1CCO[C@H](c2ccc(Cl)c(Cl)c2)C1CCOS(=O)(=O)c1ccccc1[N+](=O)[O-]. The molecule has 0 aliphatic carbocycles. The molecule has 0 radical (unpaired) electrons. The number of alkyl halides is 6. The zero-order valence-electron chi connectivity index (χ0n) is 22.4. The molecule has 1 fully saturated rings. The number of hydrogen-bond acceptors (Lipinski definition) is 7. The summed E-state index contributed by atoms with van der Waals surface area (Å²) in [6.07, 6.45) is -12.0. The molecule has 45 heavy (non-hydrogen) atoms. The van der Waals surface area contributed by atoms with Crippen LogP contribution in [0.25, 0.3) is 0 Å². The molecule has 18 heteroatoms. The molecule has 0 N–H and O–H groups in total. The van der Waals surface area contributed by atoms with E-state index in [9.17, 15) is 49.7 Å². The summed E-state index contributed by atoms with van der Waals surface area (Å²) in [5.74, 6) is -1.23. The Morgan fingerprint density at radius 2 is 1.60 bits per heavy atom. The second-order valence-corrected chi connectivity index (χ2v) is 12.0. The molecule has 1 aliphatic heterocycles. The molecule has 1 aliphatic rings. The van der Waals surface area contributed by atoms with E-state index < -0.39 is 85.7 Å². The molecule has 1 saturated heterocycles. The highest BCUT2D eigenvalue weighted by Gasteiger charge is 2.41. The fourth-order valence-corrected chi connectivity index (χ4v) is 6.08. The lowest BCUT2D eigenvalue weighted by Crippen LogP contribution is -2.50. The number of rotatable bonds is 8. The number of nitrogens with zero attached hydrogens (tertiary/aromatic N) is 2. The molecule has 3 aromatic carbocycles. The quantitative estimate of drug-likeness (QED) is 0.105. The third-order valence-electron chi connectivity index (χ3n) is 6.73. The van der Waals surface area contributed by atoms with Gasteiger partial charge in [0.15, 0.2) is 4.90 Å². The molecule has 242 valence electrons. The topological polar surface area (TPSA) is 116 Å². The van der Waals surface area contributed by atoms with Gasteiger partial charge in [0.05, 0.1) is 45.4 Å². The highest BCUT2D eigenvalue weighted by atomic mass is 35.5. The third-order valence-corrected chi connectivity index (χ3v) is 8.83. The molecule has 1 amide bonds. The average molecular weight is 701 g/mol. The van der Waals surface area contributed by atoms with Crippen LogP contribution in [-0.2, 0) is 31.4 Å². The maximum atomic E-state index is 13.6. The number of nitro groups is 1. The van der Waals surface area contributed by atoms with E-state index in [0.717, 1.165) is 17.0 Å². The van der Waals surface area contributed by atoms with Crippen LogP contribution in [0.4, 0.5) is 32.0 Å². The van der Waals surface area contributed by atoms with Crippen LogP contribution in [0.2, 0.25) is 10.0 Å². The lowest BCUT2D eigenvalue weighted by Gasteiger charge is -2.41. The summed E-state index contributed by atoms with van der Waals surface area (Å²) in [6.45, 7) is -1.25. The molecule has 0 aromatic heterocycles. The molecule has 0 spiro atoms. The van der Waals surface area contributed by atoms with Crippen molar-refractivity contribution in [3.8, 4) is 0 Å². The standard InChI is InChI=1S/C27H20Cl2F6N2O7S/c28-19-6-5-15(13-20(19)29)24-22(7-9-44-45(41,42)23-4-2-1-3-21(23)37(39)40)36(8-10-43-24)25(38)16-11-17(26(30,31)32)14-18(12-16)27(33,34)35/h1-6,11-14,22,24H,7-10H2/t22?,24-/m1/s1. The zero-order chi connectivity index (χ0) is 33.3. The normalized spacial score (nSPS) is 17.7. The first-order valence-electron chi connectivity index (χ1n) is 12.7. The smallest absolute Gasteiger partial charge is 0.370 e. The van der Waals surface area contributed by atoms with Crippen molar-refractivity contribution in [1.29, 1.82) is 0 Å². The van der Waals surface area contributed by atoms with E-state index >= 15 is 0 Å². The average Bonchev–Trinajstić information content (AvgIpc) is 2.97. The maximum absolute atomic E-state index is 13.6. The van der Waals surface area contributed by atoms with Crippen LogP contribution >= 0.6 is 23.2 Å². The van der Waals surface area contributed by atoms with Gasteiger partial charge in [0.1, 0.15) is 6.10 Å². The molecule has 0 bridgehead atoms. The predicted octanol–water partition coefficient (Wildman–Crippen LogP) is 7.32. The first-order chi connectivity index (χ1) is 20.9. The first-order valence-corrected chi connectivity index (χ1v) is 14.9. The fraction of sp³-hybridized carbons (Fsp3) is 0.296. The van der Waals surface area contributed by atoms with Gasteiger partial charge in [-0.15, -0.1) is 0 Å². The van der Waals surface area contributed by atoms with E-state index in [0.29, 0.717) is 5.56 Å². The molecular weight excluding hydrogens is 681 g/mol. The van der Waals surface area contributed by atoms with E-state index in [1.807, 2.05) is 0 Å². The van der Waals surface area contributed by atoms with Crippen molar-refractivity contribution in [3.63, 3.8) is 0 Å². The maximum Gasteiger partial charge on any atom is 0.416 e. The van der Waals surface area contributed by atoms with Crippen molar-refractivity contribution in [2.45, 2.75) is 35.8 Å². The Balaban J connectivity index is 1.72. The van der Waals surface area contributed by atoms with Crippen molar-refractivity contribution in [1.82, 2.24) is 4.90 Å². The molecule has 9 nitrogen and oxygen atoms in total. The second kappa shape index (κ2) is 13.1. The Morgan fingerprint density at radius 3 is 2.18 bits per heavy atom. The van der Waals surface area contributed by atoms with Crippen LogP contribution in [0, 0.1) is 10.1 Å². The number of ether oxygens (including phenoxy) is 1. The van der Waals surface area contributed by atoms with Gasteiger partial charge in [0.25, 0.3) is 11.6 Å². The number of hydrogen-bond donors (Lipinski definition) is 0. The number of morpholine rings is 1. The summed E-state index contributed by atoms with van der Waals surface area (Å²) >= 11 is 12.1. The molecular formula is C27H20Cl2F6N2O7S. The summed E-state index contributed by atoms with van der Waals surface area (Å²) in [6, 6.07) is 7.78. The first kappa shape index (κ1) is 34.4. The van der Waals surface area contributed by atoms with Crippen molar-refractivity contribution in [2.24, 2.45) is 0 Å². The molecule has 2 atom stereocenters. The third kappa shape index (κ3) is 7.87. The lowest BCUT2D eigenvalue weighted by atomic mass is 9.95. The van der Waals surface area contributed by atoms with Gasteiger partial charge in [-0.2, -0.15) is 34.8 Å². The van der Waals surface area contributed by atoms with Crippen molar-refractivity contribution in [3.05, 3.63) is 103 Å². The predicted molar refractivity (Wildman–Crippen MR) is 147 cm³/mol. The van der Waals surface area contributed by atoms with Gasteiger partial charge in [-0.1, -0.05) is 41.4 Å². The van der Waals surface area contributed by atoms with Gasteiger partial charge < -0.3 is 9.64 Å². The van der Waals surface area contributed by atoms with E-state index in [1.54, 1.807) is 0 Å². The Morgan fingerprint density at radius 1 is 0.978 bits per heavy atom. The molecule has 1 unspecified atom stereocenters. The van der Waals surface area contributed by atoms with Gasteiger partial charge in [0.2, 0.25) is 0 Å². The number of halogens is 8. The number of carbonyl (C=O) groups excluding carboxylic acids is 1. The molecule has 4 rings (SSSR count). The largest absolute Gasteiger partial charge is 0.416 e. The Hall–Kier alpha value is -3.44. The number of para-hydroxylation sites is 1. The van der Waals surface area contributed by atoms with Gasteiger partial charge >= 0.3 is 22.5 Å². The summed E-state index contributed by atoms with van der Waals surface area (Å²) < 4.78 is 118. The highest BCUT2D eigenvalue weighted by molar-refractivity contribution is 7.87. The Kier molecular flexibility index (Phi) is 10.0. The van der Waals surface area contributed by atoms with Crippen LogP contribution in [0.3, 0.4) is 0 Å². The minimum atomic E-state index is -5.22. The van der Waals surface area contributed by atoms with Crippen LogP contribution in [0.15, 0.2) is 65.6 Å². The van der Waals surface area contributed by atoms with Crippen molar-refractivity contribution < 1.29 is 53.4 Å². The summed E-state index contributed by atoms with van der Waals surface area (Å²) in [4.78, 5) is 24.2. The number of carbonyl (C=O) groups is 1. The lowest BCUT2D eigenvalue weighted by molar-refractivity contribution is -0.387. The summed E-state index contributed by atoms with van der Waals surface area (Å²) in [5, 5.41) is 11.5. The van der Waals surface area contributed by atoms with Crippen LogP contribution in [0.1, 0.15) is 39.6 Å². The second-order valence-electron chi connectivity index (χ2n) is 9.61. The van der Waals surface area contributed by atoms with Crippen molar-refractivity contribution >= 4 is 44.9 Å². The summed E-state index contributed by atoms with van der Waals surface area (Å²) in [5.41, 5.74) is -4.80. The van der Waals surface area contributed by atoms with E-state index in [2.05, 4.69) is 0 Å². The number of benzene rings is 3. The Labute approximate surface area is 261 Å². The number of nitro benzene ring substituents is 1. The van der Waals surface area contributed by atoms with Gasteiger partial charge in [-0.3, -0.25) is 19.1 Å². The van der Waals surface area contributed by atoms with Crippen LogP contribution in [-0.4, -0.2) is 49.9 Å². The van der Waals surface area contributed by atoms with Gasteiger partial charge in [-0.25, -0.2) is 0 Å². The van der Waals surface area contributed by atoms with Gasteiger partial charge in [0, 0.05) is 18.2 Å². The van der Waals surface area contributed by atoms with E-state index in [1.165, 1.54) is 30.3 Å². The van der Waals surface area contributed by atoms with Crippen molar-refractivity contribution in [2.75, 3.05) is 19.8 Å².